The van der Waals surface area contributed by atoms with Gasteiger partial charge < -0.3 is 5.32 Å². The average molecular weight is 235 g/mol. The number of nitrogens with one attached hydrogen (secondary N) is 1. The fourth-order valence-corrected chi connectivity index (χ4v) is 3.98. The number of rotatable bonds is 1. The van der Waals surface area contributed by atoms with Gasteiger partial charge in [-0.05, 0) is 36.6 Å². The van der Waals surface area contributed by atoms with Gasteiger partial charge in [0.2, 0.25) is 9.84 Å². The van der Waals surface area contributed by atoms with Crippen LogP contribution in [0, 0.1) is 0 Å². The lowest BCUT2D eigenvalue weighted by Gasteiger charge is -2.11. The smallest absolute Gasteiger partial charge is 0.200 e. The van der Waals surface area contributed by atoms with Crippen LogP contribution in [0.25, 0.3) is 5.57 Å². The Balaban J connectivity index is 2.15. The summed E-state index contributed by atoms with van der Waals surface area (Å²) in [4.78, 5) is 0.457. The molecule has 0 aromatic heterocycles. The van der Waals surface area contributed by atoms with Crippen LogP contribution in [0.1, 0.15) is 18.4 Å². The Kier molecular flexibility index (Phi) is 2.16. The molecule has 4 heteroatoms. The number of sulfone groups is 1. The molecule has 1 fully saturated rings. The molecule has 2 aliphatic rings. The summed E-state index contributed by atoms with van der Waals surface area (Å²) in [7, 11) is -3.19. The molecule has 1 unspecified atom stereocenters. The second kappa shape index (κ2) is 3.43. The summed E-state index contributed by atoms with van der Waals surface area (Å²) in [6.45, 7) is 0.976. The van der Waals surface area contributed by atoms with E-state index in [0.29, 0.717) is 4.90 Å². The summed E-state index contributed by atoms with van der Waals surface area (Å²) in [5.41, 5.74) is 1.81. The van der Waals surface area contributed by atoms with E-state index in [9.17, 15) is 8.42 Å². The quantitative estimate of drug-likeness (QED) is 0.803. The normalized spacial score (nSPS) is 26.5. The minimum Gasteiger partial charge on any atom is -0.310 e. The van der Waals surface area contributed by atoms with E-state index in [-0.39, 0.29) is 6.04 Å². The first-order valence-electron chi connectivity index (χ1n) is 5.48. The first-order valence-corrected chi connectivity index (χ1v) is 7.02. The first-order chi connectivity index (χ1) is 7.68. The highest BCUT2D eigenvalue weighted by atomic mass is 32.2. The fourth-order valence-electron chi connectivity index (χ4n) is 2.47. The predicted octanol–water partition coefficient (Wildman–Crippen LogP) is 1.57. The largest absolute Gasteiger partial charge is 0.310 e. The van der Waals surface area contributed by atoms with Gasteiger partial charge in [-0.25, -0.2) is 8.42 Å². The minimum atomic E-state index is -3.19. The van der Waals surface area contributed by atoms with Crippen molar-refractivity contribution >= 4 is 15.4 Å². The molecule has 3 rings (SSSR count). The van der Waals surface area contributed by atoms with Crippen LogP contribution in [-0.4, -0.2) is 21.0 Å². The Labute approximate surface area is 95.1 Å². The van der Waals surface area contributed by atoms with Crippen molar-refractivity contribution in [2.45, 2.75) is 23.8 Å². The zero-order valence-corrected chi connectivity index (χ0v) is 9.63. The molecule has 1 saturated heterocycles. The SMILES string of the molecule is O=S1(=O)C=C(C2CCCN2)c2ccccc21. The zero-order chi connectivity index (χ0) is 11.2. The molecule has 0 saturated carbocycles. The summed E-state index contributed by atoms with van der Waals surface area (Å²) in [6.07, 6.45) is 2.14. The van der Waals surface area contributed by atoms with E-state index in [1.54, 1.807) is 12.1 Å². The lowest BCUT2D eigenvalue weighted by Crippen LogP contribution is -2.22. The Bertz CT molecular complexity index is 554. The van der Waals surface area contributed by atoms with E-state index in [1.165, 1.54) is 5.41 Å². The molecule has 0 bridgehead atoms. The van der Waals surface area contributed by atoms with Gasteiger partial charge in [-0.3, -0.25) is 0 Å². The van der Waals surface area contributed by atoms with Gasteiger partial charge in [-0.15, -0.1) is 0 Å². The van der Waals surface area contributed by atoms with Gasteiger partial charge >= 0.3 is 0 Å². The number of benzene rings is 1. The third-order valence-electron chi connectivity index (χ3n) is 3.22. The standard InChI is InChI=1S/C12H13NO2S/c14-16(15)8-10(11-5-3-7-13-11)9-4-1-2-6-12(9)16/h1-2,4,6,8,11,13H,3,5,7H2. The third kappa shape index (κ3) is 1.41. The molecule has 1 aromatic rings. The van der Waals surface area contributed by atoms with Crippen molar-refractivity contribution < 1.29 is 8.42 Å². The summed E-state index contributed by atoms with van der Waals surface area (Å²) in [6, 6.07) is 7.45. The van der Waals surface area contributed by atoms with Crippen molar-refractivity contribution in [2.75, 3.05) is 6.54 Å². The maximum Gasteiger partial charge on any atom is 0.200 e. The van der Waals surface area contributed by atoms with Crippen LogP contribution in [-0.2, 0) is 9.84 Å². The molecule has 0 amide bonds. The van der Waals surface area contributed by atoms with Gasteiger partial charge in [0.1, 0.15) is 0 Å². The highest BCUT2D eigenvalue weighted by Crippen LogP contribution is 2.36. The Morgan fingerprint density at radius 2 is 2.06 bits per heavy atom. The van der Waals surface area contributed by atoms with Crippen LogP contribution in [0.2, 0.25) is 0 Å². The number of fused-ring (bicyclic) bond motifs is 1. The Morgan fingerprint density at radius 3 is 2.81 bits per heavy atom. The van der Waals surface area contributed by atoms with E-state index in [2.05, 4.69) is 5.32 Å². The van der Waals surface area contributed by atoms with Crippen LogP contribution in [0.3, 0.4) is 0 Å². The Morgan fingerprint density at radius 1 is 1.25 bits per heavy atom. The Hall–Kier alpha value is -1.13. The zero-order valence-electron chi connectivity index (χ0n) is 8.81. The van der Waals surface area contributed by atoms with E-state index in [0.717, 1.165) is 30.5 Å². The van der Waals surface area contributed by atoms with Gasteiger partial charge in [0.15, 0.2) is 0 Å². The molecule has 84 valence electrons. The first kappa shape index (κ1) is 10.1. The van der Waals surface area contributed by atoms with Crippen molar-refractivity contribution in [3.05, 3.63) is 35.2 Å². The fraction of sp³-hybridized carbons (Fsp3) is 0.333. The molecule has 1 aromatic carbocycles. The minimum absolute atomic E-state index is 0.207. The third-order valence-corrected chi connectivity index (χ3v) is 4.76. The lowest BCUT2D eigenvalue weighted by atomic mass is 9.99. The molecule has 3 nitrogen and oxygen atoms in total. The number of hydrogen-bond acceptors (Lipinski definition) is 3. The van der Waals surface area contributed by atoms with E-state index < -0.39 is 9.84 Å². The van der Waals surface area contributed by atoms with Crippen LogP contribution in [0.4, 0.5) is 0 Å². The van der Waals surface area contributed by atoms with Gasteiger partial charge in [-0.2, -0.15) is 0 Å². The lowest BCUT2D eigenvalue weighted by molar-refractivity contribution is 0.605. The summed E-state index contributed by atoms with van der Waals surface area (Å²) in [5.74, 6) is 0. The average Bonchev–Trinajstić information content (AvgIpc) is 2.86. The molecule has 1 N–H and O–H groups in total. The van der Waals surface area contributed by atoms with Crippen LogP contribution in [0.5, 0.6) is 0 Å². The van der Waals surface area contributed by atoms with Crippen molar-refractivity contribution in [3.8, 4) is 0 Å². The highest BCUT2D eigenvalue weighted by molar-refractivity contribution is 7.95. The molecule has 16 heavy (non-hydrogen) atoms. The van der Waals surface area contributed by atoms with Crippen molar-refractivity contribution in [2.24, 2.45) is 0 Å². The molecule has 0 radical (unpaired) electrons. The van der Waals surface area contributed by atoms with Crippen LogP contribution < -0.4 is 5.32 Å². The summed E-state index contributed by atoms with van der Waals surface area (Å²) < 4.78 is 23.8. The number of hydrogen-bond donors (Lipinski definition) is 1. The van der Waals surface area contributed by atoms with Gasteiger partial charge in [0, 0.05) is 11.4 Å². The maximum absolute atomic E-state index is 11.9. The van der Waals surface area contributed by atoms with Gasteiger partial charge in [-0.1, -0.05) is 18.2 Å². The van der Waals surface area contributed by atoms with Gasteiger partial charge in [0.05, 0.1) is 4.90 Å². The van der Waals surface area contributed by atoms with Crippen LogP contribution in [0.15, 0.2) is 34.6 Å². The van der Waals surface area contributed by atoms with Crippen molar-refractivity contribution in [1.82, 2.24) is 5.32 Å². The second-order valence-corrected chi connectivity index (χ2v) is 6.03. The molecule has 2 aliphatic heterocycles. The van der Waals surface area contributed by atoms with Crippen molar-refractivity contribution in [3.63, 3.8) is 0 Å². The molecular weight excluding hydrogens is 222 g/mol. The van der Waals surface area contributed by atoms with Crippen LogP contribution >= 0.6 is 0 Å². The predicted molar refractivity (Wildman–Crippen MR) is 62.6 cm³/mol. The van der Waals surface area contributed by atoms with E-state index in [1.807, 2.05) is 12.1 Å². The summed E-state index contributed by atoms with van der Waals surface area (Å²) >= 11 is 0. The monoisotopic (exact) mass is 235 g/mol. The molecule has 0 spiro atoms. The molecule has 0 aliphatic carbocycles. The maximum atomic E-state index is 11.9. The summed E-state index contributed by atoms with van der Waals surface area (Å²) in [5, 5.41) is 4.78. The van der Waals surface area contributed by atoms with E-state index >= 15 is 0 Å². The van der Waals surface area contributed by atoms with Crippen molar-refractivity contribution in [1.29, 1.82) is 0 Å². The second-order valence-electron chi connectivity index (χ2n) is 4.26. The molecule has 1 atom stereocenters. The van der Waals surface area contributed by atoms with Gasteiger partial charge in [0.25, 0.3) is 0 Å². The van der Waals surface area contributed by atoms with E-state index in [4.69, 9.17) is 0 Å². The topological polar surface area (TPSA) is 46.2 Å². The molecule has 2 heterocycles. The highest BCUT2D eigenvalue weighted by Gasteiger charge is 2.31. The molecular formula is C12H13NO2S.